The minimum Gasteiger partial charge on any atom is -0.302 e. The van der Waals surface area contributed by atoms with Gasteiger partial charge >= 0.3 is 0 Å². The third-order valence-corrected chi connectivity index (χ3v) is 1.91. The van der Waals surface area contributed by atoms with Gasteiger partial charge in [0, 0.05) is 0 Å². The molecule has 2 N–H and O–H groups in total. The maximum Gasteiger partial charge on any atom is 0.238 e. The molecular formula is C7H10N2O2S. The fourth-order valence-electron chi connectivity index (χ4n) is 1.14. The molecule has 0 spiro atoms. The van der Waals surface area contributed by atoms with Gasteiger partial charge in [0.15, 0.2) is 5.11 Å². The number of carbonyl (C=O) groups is 2. The number of carbonyl (C=O) groups excluding carboxylic acids is 2. The van der Waals surface area contributed by atoms with Crippen molar-refractivity contribution in [1.29, 1.82) is 0 Å². The van der Waals surface area contributed by atoms with E-state index in [1.807, 2.05) is 13.8 Å². The Morgan fingerprint density at radius 1 is 1.25 bits per heavy atom. The lowest BCUT2D eigenvalue weighted by atomic mass is 9.93. The van der Waals surface area contributed by atoms with E-state index in [9.17, 15) is 9.59 Å². The van der Waals surface area contributed by atoms with Crippen LogP contribution in [-0.4, -0.2) is 16.9 Å². The third-order valence-electron chi connectivity index (χ3n) is 1.71. The van der Waals surface area contributed by atoms with E-state index in [1.165, 1.54) is 0 Å². The molecule has 5 heteroatoms. The highest BCUT2D eigenvalue weighted by atomic mass is 32.1. The predicted molar refractivity (Wildman–Crippen MR) is 47.2 cm³/mol. The first-order valence-corrected chi connectivity index (χ1v) is 4.09. The molecule has 0 unspecified atom stereocenters. The molecule has 0 aliphatic carbocycles. The predicted octanol–water partition coefficient (Wildman–Crippen LogP) is -0.211. The normalized spacial score (nSPS) is 19.4. The summed E-state index contributed by atoms with van der Waals surface area (Å²) in [5.41, 5.74) is 0. The van der Waals surface area contributed by atoms with Gasteiger partial charge in [0.25, 0.3) is 0 Å². The van der Waals surface area contributed by atoms with E-state index in [0.29, 0.717) is 0 Å². The van der Waals surface area contributed by atoms with Crippen molar-refractivity contribution in [3.8, 4) is 0 Å². The van der Waals surface area contributed by atoms with Gasteiger partial charge in [-0.1, -0.05) is 13.8 Å². The van der Waals surface area contributed by atoms with E-state index in [-0.39, 0.29) is 22.8 Å². The molecule has 0 aromatic heterocycles. The topological polar surface area (TPSA) is 58.2 Å². The minimum atomic E-state index is -0.614. The Morgan fingerprint density at radius 2 is 1.67 bits per heavy atom. The molecule has 1 rings (SSSR count). The van der Waals surface area contributed by atoms with Crippen LogP contribution in [0.5, 0.6) is 0 Å². The minimum absolute atomic E-state index is 0.00639. The van der Waals surface area contributed by atoms with Crippen molar-refractivity contribution in [2.75, 3.05) is 0 Å². The molecule has 2 amide bonds. The first-order chi connectivity index (χ1) is 5.52. The van der Waals surface area contributed by atoms with Gasteiger partial charge in [-0.25, -0.2) is 0 Å². The van der Waals surface area contributed by atoms with Gasteiger partial charge in [0.2, 0.25) is 11.8 Å². The highest BCUT2D eigenvalue weighted by Gasteiger charge is 2.34. The Labute approximate surface area is 75.7 Å². The fourth-order valence-corrected chi connectivity index (χ4v) is 1.34. The van der Waals surface area contributed by atoms with Crippen LogP contribution in [-0.2, 0) is 9.59 Å². The number of amides is 2. The van der Waals surface area contributed by atoms with Crippen LogP contribution in [0.25, 0.3) is 0 Å². The van der Waals surface area contributed by atoms with E-state index < -0.39 is 5.92 Å². The summed E-state index contributed by atoms with van der Waals surface area (Å²) in [6.45, 7) is 3.64. The van der Waals surface area contributed by atoms with Gasteiger partial charge in [-0.2, -0.15) is 0 Å². The Bertz CT molecular complexity index is 230. The quantitative estimate of drug-likeness (QED) is 0.440. The molecule has 1 aliphatic heterocycles. The summed E-state index contributed by atoms with van der Waals surface area (Å²) >= 11 is 4.64. The SMILES string of the molecule is CC(C)C1C(=O)NC(=S)NC1=O. The molecule has 4 nitrogen and oxygen atoms in total. The fraction of sp³-hybridized carbons (Fsp3) is 0.571. The number of rotatable bonds is 1. The molecule has 1 aliphatic rings. The van der Waals surface area contributed by atoms with Crippen molar-refractivity contribution in [2.45, 2.75) is 13.8 Å². The van der Waals surface area contributed by atoms with E-state index in [1.54, 1.807) is 0 Å². The summed E-state index contributed by atoms with van der Waals surface area (Å²) in [4.78, 5) is 22.4. The maximum absolute atomic E-state index is 11.2. The van der Waals surface area contributed by atoms with Gasteiger partial charge in [0.1, 0.15) is 5.92 Å². The molecular weight excluding hydrogens is 176 g/mol. The van der Waals surface area contributed by atoms with Crippen LogP contribution in [0.2, 0.25) is 0 Å². The van der Waals surface area contributed by atoms with Crippen LogP contribution in [0.15, 0.2) is 0 Å². The third kappa shape index (κ3) is 1.61. The van der Waals surface area contributed by atoms with Gasteiger partial charge in [-0.05, 0) is 18.1 Å². The van der Waals surface area contributed by atoms with Crippen LogP contribution in [0.3, 0.4) is 0 Å². The van der Waals surface area contributed by atoms with Crippen molar-refractivity contribution in [3.05, 3.63) is 0 Å². The molecule has 1 saturated heterocycles. The van der Waals surface area contributed by atoms with Crippen LogP contribution >= 0.6 is 12.2 Å². The van der Waals surface area contributed by atoms with E-state index >= 15 is 0 Å². The molecule has 66 valence electrons. The molecule has 12 heavy (non-hydrogen) atoms. The molecule has 0 atom stereocenters. The van der Waals surface area contributed by atoms with E-state index in [4.69, 9.17) is 0 Å². The van der Waals surface area contributed by atoms with Crippen LogP contribution < -0.4 is 10.6 Å². The summed E-state index contributed by atoms with van der Waals surface area (Å²) < 4.78 is 0. The molecule has 1 fully saturated rings. The monoisotopic (exact) mass is 186 g/mol. The van der Waals surface area contributed by atoms with Crippen molar-refractivity contribution < 1.29 is 9.59 Å². The van der Waals surface area contributed by atoms with Crippen molar-refractivity contribution >= 4 is 29.1 Å². The highest BCUT2D eigenvalue weighted by Crippen LogP contribution is 2.13. The lowest BCUT2D eigenvalue weighted by Gasteiger charge is -2.24. The smallest absolute Gasteiger partial charge is 0.238 e. The summed E-state index contributed by atoms with van der Waals surface area (Å²) in [7, 11) is 0. The Kier molecular flexibility index (Phi) is 2.42. The average Bonchev–Trinajstić information content (AvgIpc) is 1.82. The van der Waals surface area contributed by atoms with Gasteiger partial charge in [-0.3, -0.25) is 9.59 Å². The van der Waals surface area contributed by atoms with Gasteiger partial charge in [0.05, 0.1) is 0 Å². The Morgan fingerprint density at radius 3 is 2.00 bits per heavy atom. The van der Waals surface area contributed by atoms with Gasteiger partial charge in [-0.15, -0.1) is 0 Å². The first kappa shape index (κ1) is 9.12. The zero-order valence-corrected chi connectivity index (χ0v) is 7.70. The number of nitrogens with one attached hydrogen (secondary N) is 2. The van der Waals surface area contributed by atoms with Gasteiger partial charge < -0.3 is 10.6 Å². The lowest BCUT2D eigenvalue weighted by Crippen LogP contribution is -2.56. The molecule has 0 aromatic carbocycles. The van der Waals surface area contributed by atoms with Crippen molar-refractivity contribution in [3.63, 3.8) is 0 Å². The largest absolute Gasteiger partial charge is 0.302 e. The zero-order valence-electron chi connectivity index (χ0n) is 6.88. The molecule has 1 heterocycles. The molecule has 0 radical (unpaired) electrons. The summed E-state index contributed by atoms with van der Waals surface area (Å²) in [6.07, 6.45) is 0. The van der Waals surface area contributed by atoms with Crippen molar-refractivity contribution in [1.82, 2.24) is 10.6 Å². The van der Waals surface area contributed by atoms with Crippen LogP contribution in [0.1, 0.15) is 13.8 Å². The average molecular weight is 186 g/mol. The molecule has 0 saturated carbocycles. The van der Waals surface area contributed by atoms with E-state index in [2.05, 4.69) is 22.9 Å². The lowest BCUT2D eigenvalue weighted by molar-refractivity contribution is -0.136. The number of hydrogen-bond acceptors (Lipinski definition) is 3. The Hall–Kier alpha value is -0.970. The summed E-state index contributed by atoms with van der Waals surface area (Å²) in [6, 6.07) is 0. The summed E-state index contributed by atoms with van der Waals surface area (Å²) in [5.74, 6) is -1.23. The second kappa shape index (κ2) is 3.18. The molecule has 0 bridgehead atoms. The number of hydrogen-bond donors (Lipinski definition) is 2. The first-order valence-electron chi connectivity index (χ1n) is 3.68. The van der Waals surface area contributed by atoms with Crippen LogP contribution in [0.4, 0.5) is 0 Å². The highest BCUT2D eigenvalue weighted by molar-refractivity contribution is 7.80. The second-order valence-corrected chi connectivity index (χ2v) is 3.44. The van der Waals surface area contributed by atoms with E-state index in [0.717, 1.165) is 0 Å². The maximum atomic E-state index is 11.2. The second-order valence-electron chi connectivity index (χ2n) is 3.03. The summed E-state index contributed by atoms with van der Waals surface area (Å²) in [5, 5.41) is 4.90. The standard InChI is InChI=1S/C7H10N2O2S/c1-3(2)4-5(10)8-7(12)9-6(4)11/h3-4H,1-2H3,(H2,8,9,10,11,12). The number of thiocarbonyl (C=S) groups is 1. The van der Waals surface area contributed by atoms with Crippen molar-refractivity contribution in [2.24, 2.45) is 11.8 Å². The zero-order chi connectivity index (χ0) is 9.30. The molecule has 0 aromatic rings. The Balaban J connectivity index is 2.81. The van der Waals surface area contributed by atoms with Crippen LogP contribution in [0, 0.1) is 11.8 Å².